The van der Waals surface area contributed by atoms with Crippen molar-refractivity contribution in [3.05, 3.63) is 77.6 Å². The molecule has 33 heavy (non-hydrogen) atoms. The molecule has 1 amide bonds. The number of benzene rings is 2. The number of anilines is 1. The number of carbonyl (C=O) groups is 1. The van der Waals surface area contributed by atoms with Crippen LogP contribution in [0.15, 0.2) is 60.9 Å². The monoisotopic (exact) mass is 442 g/mol. The number of phenolic OH excluding ortho intramolecular Hbond substituents is 1. The SMILES string of the molecule is COc1c(-c2ccc(N3CCc4c(O)cccc4C3)cc2)nc2ccncc2c1C(=O)NO. The van der Waals surface area contributed by atoms with Crippen LogP contribution >= 0.6 is 0 Å². The van der Waals surface area contributed by atoms with Crippen LogP contribution in [0.25, 0.3) is 22.2 Å². The fourth-order valence-electron chi connectivity index (χ4n) is 4.40. The quantitative estimate of drug-likeness (QED) is 0.327. The van der Waals surface area contributed by atoms with E-state index in [2.05, 4.69) is 9.88 Å². The van der Waals surface area contributed by atoms with Gasteiger partial charge in [0.25, 0.3) is 5.91 Å². The summed E-state index contributed by atoms with van der Waals surface area (Å²) in [5.41, 5.74) is 6.88. The number of phenols is 1. The van der Waals surface area contributed by atoms with E-state index in [0.29, 0.717) is 28.9 Å². The third-order valence-corrected chi connectivity index (χ3v) is 6.02. The highest BCUT2D eigenvalue weighted by Crippen LogP contribution is 2.37. The van der Waals surface area contributed by atoms with Crippen molar-refractivity contribution in [2.75, 3.05) is 18.6 Å². The Morgan fingerprint density at radius 1 is 1.15 bits per heavy atom. The molecule has 0 saturated heterocycles. The lowest BCUT2D eigenvalue weighted by Crippen LogP contribution is -2.30. The molecule has 0 radical (unpaired) electrons. The van der Waals surface area contributed by atoms with Gasteiger partial charge < -0.3 is 14.7 Å². The predicted molar refractivity (Wildman–Crippen MR) is 124 cm³/mol. The molecule has 0 saturated carbocycles. The lowest BCUT2D eigenvalue weighted by atomic mass is 9.98. The van der Waals surface area contributed by atoms with Gasteiger partial charge in [-0.15, -0.1) is 0 Å². The summed E-state index contributed by atoms with van der Waals surface area (Å²) in [6.45, 7) is 1.52. The zero-order chi connectivity index (χ0) is 22.9. The van der Waals surface area contributed by atoms with Gasteiger partial charge in [0, 0.05) is 47.7 Å². The van der Waals surface area contributed by atoms with Gasteiger partial charge in [0.05, 0.1) is 18.2 Å². The molecule has 2 aromatic carbocycles. The van der Waals surface area contributed by atoms with Gasteiger partial charge in [0.1, 0.15) is 11.4 Å². The Labute approximate surface area is 190 Å². The fourth-order valence-corrected chi connectivity index (χ4v) is 4.40. The predicted octanol–water partition coefficient (Wildman–Crippen LogP) is 3.69. The van der Waals surface area contributed by atoms with Crippen molar-refractivity contribution < 1.29 is 19.8 Å². The Bertz CT molecular complexity index is 1350. The summed E-state index contributed by atoms with van der Waals surface area (Å²) in [4.78, 5) is 23.5. The molecule has 1 aliphatic heterocycles. The fraction of sp³-hybridized carbons (Fsp3) is 0.160. The molecule has 0 atom stereocenters. The molecule has 2 aromatic heterocycles. The number of methoxy groups -OCH3 is 1. The van der Waals surface area contributed by atoms with Crippen molar-refractivity contribution in [3.8, 4) is 22.8 Å². The van der Waals surface area contributed by atoms with Gasteiger partial charge in [-0.05, 0) is 36.2 Å². The molecule has 8 heteroatoms. The van der Waals surface area contributed by atoms with Crippen molar-refractivity contribution in [2.45, 2.75) is 13.0 Å². The van der Waals surface area contributed by atoms with Crippen molar-refractivity contribution in [1.29, 1.82) is 0 Å². The second-order valence-corrected chi connectivity index (χ2v) is 7.84. The van der Waals surface area contributed by atoms with Gasteiger partial charge in [-0.25, -0.2) is 10.5 Å². The van der Waals surface area contributed by atoms with E-state index in [1.807, 2.05) is 36.4 Å². The van der Waals surface area contributed by atoms with Crippen molar-refractivity contribution in [2.24, 2.45) is 0 Å². The van der Waals surface area contributed by atoms with Gasteiger partial charge in [-0.1, -0.05) is 24.3 Å². The highest BCUT2D eigenvalue weighted by molar-refractivity contribution is 6.09. The van der Waals surface area contributed by atoms with E-state index in [1.54, 1.807) is 23.8 Å². The van der Waals surface area contributed by atoms with Gasteiger partial charge >= 0.3 is 0 Å². The Morgan fingerprint density at radius 2 is 1.97 bits per heavy atom. The minimum atomic E-state index is -0.694. The number of pyridine rings is 2. The van der Waals surface area contributed by atoms with E-state index in [1.165, 1.54) is 13.3 Å². The number of nitrogens with one attached hydrogen (secondary N) is 1. The van der Waals surface area contributed by atoms with E-state index in [9.17, 15) is 15.1 Å². The Kier molecular flexibility index (Phi) is 5.27. The van der Waals surface area contributed by atoms with Crippen LogP contribution in [0.5, 0.6) is 11.5 Å². The number of ether oxygens (including phenoxy) is 1. The summed E-state index contributed by atoms with van der Waals surface area (Å²) < 4.78 is 5.56. The molecule has 3 N–H and O–H groups in total. The number of aromatic hydroxyl groups is 1. The number of amides is 1. The summed E-state index contributed by atoms with van der Waals surface area (Å²) in [5, 5.41) is 19.9. The normalized spacial score (nSPS) is 13.0. The molecule has 0 unspecified atom stereocenters. The maximum atomic E-state index is 12.5. The molecular weight excluding hydrogens is 420 g/mol. The van der Waals surface area contributed by atoms with Gasteiger partial charge in [-0.2, -0.15) is 0 Å². The van der Waals surface area contributed by atoms with Crippen molar-refractivity contribution in [3.63, 3.8) is 0 Å². The van der Waals surface area contributed by atoms with Gasteiger partial charge in [-0.3, -0.25) is 15.0 Å². The van der Waals surface area contributed by atoms with Crippen LogP contribution in [0.1, 0.15) is 21.5 Å². The highest BCUT2D eigenvalue weighted by Gasteiger charge is 2.23. The second kappa shape index (κ2) is 8.40. The number of rotatable bonds is 4. The summed E-state index contributed by atoms with van der Waals surface area (Å²) in [7, 11) is 1.46. The van der Waals surface area contributed by atoms with E-state index in [-0.39, 0.29) is 11.3 Å². The molecule has 0 fully saturated rings. The lowest BCUT2D eigenvalue weighted by molar-refractivity contribution is 0.0705. The van der Waals surface area contributed by atoms with Crippen LogP contribution in [0.2, 0.25) is 0 Å². The number of nitrogens with zero attached hydrogens (tertiary/aromatic N) is 3. The smallest absolute Gasteiger partial charge is 0.279 e. The molecule has 4 aromatic rings. The van der Waals surface area contributed by atoms with Crippen LogP contribution in [0.3, 0.4) is 0 Å². The Hall–Kier alpha value is -4.17. The molecule has 0 aliphatic carbocycles. The zero-order valence-electron chi connectivity index (χ0n) is 17.9. The number of carbonyl (C=O) groups excluding carboxylic acids is 1. The van der Waals surface area contributed by atoms with Crippen molar-refractivity contribution in [1.82, 2.24) is 15.4 Å². The lowest BCUT2D eigenvalue weighted by Gasteiger charge is -2.31. The molecule has 0 spiro atoms. The first-order chi connectivity index (χ1) is 16.1. The minimum Gasteiger partial charge on any atom is -0.508 e. The van der Waals surface area contributed by atoms with E-state index in [0.717, 1.165) is 35.3 Å². The summed E-state index contributed by atoms with van der Waals surface area (Å²) >= 11 is 0. The highest BCUT2D eigenvalue weighted by atomic mass is 16.5. The summed E-state index contributed by atoms with van der Waals surface area (Å²) in [5.74, 6) is -0.0765. The number of hydrogen-bond acceptors (Lipinski definition) is 7. The van der Waals surface area contributed by atoms with E-state index in [4.69, 9.17) is 9.72 Å². The maximum Gasteiger partial charge on any atom is 0.279 e. The van der Waals surface area contributed by atoms with Crippen LogP contribution in [0, 0.1) is 0 Å². The summed E-state index contributed by atoms with van der Waals surface area (Å²) in [6, 6.07) is 15.2. The van der Waals surface area contributed by atoms with Crippen LogP contribution < -0.4 is 15.1 Å². The molecule has 5 rings (SSSR count). The third-order valence-electron chi connectivity index (χ3n) is 6.02. The maximum absolute atomic E-state index is 12.5. The zero-order valence-corrected chi connectivity index (χ0v) is 17.9. The van der Waals surface area contributed by atoms with Crippen LogP contribution in [-0.4, -0.2) is 39.8 Å². The number of hydrogen-bond donors (Lipinski definition) is 3. The van der Waals surface area contributed by atoms with E-state index < -0.39 is 5.91 Å². The molecule has 8 nitrogen and oxygen atoms in total. The average molecular weight is 442 g/mol. The molecule has 1 aliphatic rings. The third kappa shape index (κ3) is 3.60. The second-order valence-electron chi connectivity index (χ2n) is 7.84. The molecule has 166 valence electrons. The van der Waals surface area contributed by atoms with Crippen LogP contribution in [0.4, 0.5) is 5.69 Å². The van der Waals surface area contributed by atoms with Crippen molar-refractivity contribution >= 4 is 22.5 Å². The standard InChI is InChI=1S/C25H22N4O4/c1-33-24-22(25(31)28-32)19-13-26-11-9-20(19)27-23(24)15-5-7-17(8-6-15)29-12-10-18-16(14-29)3-2-4-21(18)30/h2-9,11,13,30,32H,10,12,14H2,1H3,(H,28,31). The number of hydroxylamine groups is 1. The summed E-state index contributed by atoms with van der Waals surface area (Å²) in [6.07, 6.45) is 3.90. The topological polar surface area (TPSA) is 108 Å². The molecular formula is C25H22N4O4. The first kappa shape index (κ1) is 20.7. The minimum absolute atomic E-state index is 0.171. The largest absolute Gasteiger partial charge is 0.508 e. The number of aromatic nitrogens is 2. The van der Waals surface area contributed by atoms with Gasteiger partial charge in [0.2, 0.25) is 0 Å². The van der Waals surface area contributed by atoms with E-state index >= 15 is 0 Å². The van der Waals surface area contributed by atoms with Gasteiger partial charge in [0.15, 0.2) is 5.75 Å². The average Bonchev–Trinajstić information content (AvgIpc) is 2.87. The van der Waals surface area contributed by atoms with Crippen LogP contribution in [-0.2, 0) is 13.0 Å². The Morgan fingerprint density at radius 3 is 2.73 bits per heavy atom. The number of fused-ring (bicyclic) bond motifs is 2. The first-order valence-electron chi connectivity index (χ1n) is 10.5. The molecule has 3 heterocycles. The Balaban J connectivity index is 1.53. The first-order valence-corrected chi connectivity index (χ1v) is 10.5. The molecule has 0 bridgehead atoms.